The summed E-state index contributed by atoms with van der Waals surface area (Å²) >= 11 is 5.04. The molecule has 1 aromatic carbocycles. The summed E-state index contributed by atoms with van der Waals surface area (Å²) in [5.74, 6) is 0.264. The topological polar surface area (TPSA) is 17.1 Å². The van der Waals surface area contributed by atoms with Crippen LogP contribution in [0, 0.1) is 0 Å². The zero-order chi connectivity index (χ0) is 11.4. The van der Waals surface area contributed by atoms with Crippen LogP contribution in [0.2, 0.25) is 0 Å². The number of ketones is 1. The van der Waals surface area contributed by atoms with Crippen molar-refractivity contribution >= 4 is 33.0 Å². The first-order chi connectivity index (χ1) is 7.74. The van der Waals surface area contributed by atoms with Gasteiger partial charge >= 0.3 is 0 Å². The molecule has 16 heavy (non-hydrogen) atoms. The summed E-state index contributed by atoms with van der Waals surface area (Å²) in [5, 5.41) is 2.00. The maximum atomic E-state index is 11.8. The Morgan fingerprint density at radius 1 is 1.19 bits per heavy atom. The predicted octanol–water partition coefficient (Wildman–Crippen LogP) is 3.86. The number of rotatable bonds is 4. The Morgan fingerprint density at radius 2 is 2.06 bits per heavy atom. The zero-order valence-corrected chi connectivity index (χ0v) is 11.1. The lowest BCUT2D eigenvalue weighted by Gasteiger charge is -2.00. The van der Waals surface area contributed by atoms with Gasteiger partial charge in [-0.1, -0.05) is 34.1 Å². The van der Waals surface area contributed by atoms with E-state index in [0.29, 0.717) is 12.8 Å². The molecular formula is C13H11BrOS. The Hall–Kier alpha value is -0.930. The van der Waals surface area contributed by atoms with Crippen molar-refractivity contribution in [2.45, 2.75) is 12.8 Å². The molecule has 0 spiro atoms. The van der Waals surface area contributed by atoms with Crippen LogP contribution < -0.4 is 0 Å². The molecule has 0 N–H and O–H groups in total. The molecule has 0 atom stereocenters. The molecule has 1 aromatic heterocycles. The van der Waals surface area contributed by atoms with Crippen LogP contribution in [0.5, 0.6) is 0 Å². The predicted molar refractivity (Wildman–Crippen MR) is 70.9 cm³/mol. The van der Waals surface area contributed by atoms with Crippen molar-refractivity contribution in [3.63, 3.8) is 0 Å². The number of halogens is 1. The van der Waals surface area contributed by atoms with Crippen LogP contribution in [0.3, 0.4) is 0 Å². The van der Waals surface area contributed by atoms with Crippen LogP contribution in [0.4, 0.5) is 0 Å². The SMILES string of the molecule is O=C(Cc1cccc(Br)c1)Cc1cccs1. The summed E-state index contributed by atoms with van der Waals surface area (Å²) in [6.45, 7) is 0. The van der Waals surface area contributed by atoms with Gasteiger partial charge in [-0.05, 0) is 29.1 Å². The van der Waals surface area contributed by atoms with Gasteiger partial charge in [0.2, 0.25) is 0 Å². The van der Waals surface area contributed by atoms with E-state index < -0.39 is 0 Å². The van der Waals surface area contributed by atoms with Gasteiger partial charge in [0, 0.05) is 22.2 Å². The van der Waals surface area contributed by atoms with E-state index in [2.05, 4.69) is 15.9 Å². The number of thiophene rings is 1. The highest BCUT2D eigenvalue weighted by atomic mass is 79.9. The second kappa shape index (κ2) is 5.41. The van der Waals surface area contributed by atoms with Crippen molar-refractivity contribution in [2.24, 2.45) is 0 Å². The Bertz CT molecular complexity index is 476. The second-order valence-electron chi connectivity index (χ2n) is 3.60. The average molecular weight is 295 g/mol. The van der Waals surface area contributed by atoms with Crippen molar-refractivity contribution in [1.82, 2.24) is 0 Å². The second-order valence-corrected chi connectivity index (χ2v) is 5.55. The number of hydrogen-bond acceptors (Lipinski definition) is 2. The number of benzene rings is 1. The van der Waals surface area contributed by atoms with Gasteiger partial charge in [0.05, 0.1) is 0 Å². The molecule has 0 saturated carbocycles. The Kier molecular flexibility index (Phi) is 3.91. The van der Waals surface area contributed by atoms with Gasteiger partial charge in [0.15, 0.2) is 0 Å². The zero-order valence-electron chi connectivity index (χ0n) is 8.65. The van der Waals surface area contributed by atoms with Crippen LogP contribution in [0.1, 0.15) is 10.4 Å². The van der Waals surface area contributed by atoms with Crippen LogP contribution in [0.25, 0.3) is 0 Å². The van der Waals surface area contributed by atoms with E-state index in [4.69, 9.17) is 0 Å². The summed E-state index contributed by atoms with van der Waals surface area (Å²) in [4.78, 5) is 12.9. The van der Waals surface area contributed by atoms with Gasteiger partial charge in [-0.25, -0.2) is 0 Å². The van der Waals surface area contributed by atoms with Gasteiger partial charge in [-0.2, -0.15) is 0 Å². The molecule has 0 aliphatic carbocycles. The number of carbonyl (C=O) groups excluding carboxylic acids is 1. The van der Waals surface area contributed by atoms with Crippen molar-refractivity contribution in [2.75, 3.05) is 0 Å². The van der Waals surface area contributed by atoms with Gasteiger partial charge in [0.25, 0.3) is 0 Å². The molecule has 2 rings (SSSR count). The largest absolute Gasteiger partial charge is 0.299 e. The molecule has 0 aliphatic heterocycles. The van der Waals surface area contributed by atoms with Crippen LogP contribution in [0.15, 0.2) is 46.3 Å². The third-order valence-electron chi connectivity index (χ3n) is 2.24. The lowest BCUT2D eigenvalue weighted by molar-refractivity contribution is -0.117. The normalized spacial score (nSPS) is 10.3. The van der Waals surface area contributed by atoms with Crippen LogP contribution >= 0.6 is 27.3 Å². The Labute approximate surface area is 107 Å². The van der Waals surface area contributed by atoms with Crippen molar-refractivity contribution < 1.29 is 4.79 Å². The quantitative estimate of drug-likeness (QED) is 0.837. The lowest BCUT2D eigenvalue weighted by atomic mass is 10.1. The van der Waals surface area contributed by atoms with E-state index in [9.17, 15) is 4.79 Å². The smallest absolute Gasteiger partial charge is 0.142 e. The molecule has 0 amide bonds. The van der Waals surface area contributed by atoms with Gasteiger partial charge < -0.3 is 0 Å². The summed E-state index contributed by atoms with van der Waals surface area (Å²) in [5.41, 5.74) is 1.07. The number of Topliss-reactive ketones (excluding diaryl/α,β-unsaturated/α-hetero) is 1. The lowest BCUT2D eigenvalue weighted by Crippen LogP contribution is -2.05. The van der Waals surface area contributed by atoms with E-state index in [0.717, 1.165) is 14.9 Å². The molecule has 0 radical (unpaired) electrons. The monoisotopic (exact) mass is 294 g/mol. The molecule has 0 fully saturated rings. The fraction of sp³-hybridized carbons (Fsp3) is 0.154. The molecule has 0 saturated heterocycles. The molecular weight excluding hydrogens is 284 g/mol. The Balaban J connectivity index is 1.97. The highest BCUT2D eigenvalue weighted by molar-refractivity contribution is 9.10. The van der Waals surface area contributed by atoms with Crippen molar-refractivity contribution in [1.29, 1.82) is 0 Å². The van der Waals surface area contributed by atoms with E-state index >= 15 is 0 Å². The maximum Gasteiger partial charge on any atom is 0.142 e. The molecule has 0 aliphatic rings. The minimum absolute atomic E-state index is 0.264. The average Bonchev–Trinajstić information content (AvgIpc) is 2.70. The summed E-state index contributed by atoms with van der Waals surface area (Å²) < 4.78 is 1.02. The molecule has 1 heterocycles. The minimum atomic E-state index is 0.264. The van der Waals surface area contributed by atoms with E-state index in [1.54, 1.807) is 11.3 Å². The van der Waals surface area contributed by atoms with Gasteiger partial charge in [0.1, 0.15) is 5.78 Å². The van der Waals surface area contributed by atoms with Gasteiger partial charge in [-0.3, -0.25) is 4.79 Å². The summed E-state index contributed by atoms with van der Waals surface area (Å²) in [7, 11) is 0. The van der Waals surface area contributed by atoms with Gasteiger partial charge in [-0.15, -0.1) is 11.3 Å². The molecule has 0 bridgehead atoms. The maximum absolute atomic E-state index is 11.8. The van der Waals surface area contributed by atoms with Crippen LogP contribution in [-0.4, -0.2) is 5.78 Å². The fourth-order valence-electron chi connectivity index (χ4n) is 1.54. The molecule has 2 aromatic rings. The van der Waals surface area contributed by atoms with E-state index in [-0.39, 0.29) is 5.78 Å². The number of carbonyl (C=O) groups is 1. The number of hydrogen-bond donors (Lipinski definition) is 0. The highest BCUT2D eigenvalue weighted by Crippen LogP contribution is 2.14. The molecule has 0 unspecified atom stereocenters. The first kappa shape index (κ1) is 11.6. The third-order valence-corrected chi connectivity index (χ3v) is 3.61. The van der Waals surface area contributed by atoms with E-state index in [1.165, 1.54) is 0 Å². The van der Waals surface area contributed by atoms with E-state index in [1.807, 2.05) is 41.8 Å². The van der Waals surface area contributed by atoms with Crippen molar-refractivity contribution in [3.8, 4) is 0 Å². The third kappa shape index (κ3) is 3.29. The first-order valence-corrected chi connectivity index (χ1v) is 6.70. The van der Waals surface area contributed by atoms with Crippen LogP contribution in [-0.2, 0) is 17.6 Å². The Morgan fingerprint density at radius 3 is 2.75 bits per heavy atom. The summed E-state index contributed by atoms with van der Waals surface area (Å²) in [6.07, 6.45) is 1.06. The minimum Gasteiger partial charge on any atom is -0.299 e. The molecule has 1 nitrogen and oxygen atoms in total. The molecule has 82 valence electrons. The standard InChI is InChI=1S/C13H11BrOS/c14-11-4-1-3-10(7-11)8-12(15)9-13-5-2-6-16-13/h1-7H,8-9H2. The molecule has 3 heteroatoms. The fourth-order valence-corrected chi connectivity index (χ4v) is 2.72. The summed E-state index contributed by atoms with van der Waals surface area (Å²) in [6, 6.07) is 11.9. The first-order valence-electron chi connectivity index (χ1n) is 5.02. The highest BCUT2D eigenvalue weighted by Gasteiger charge is 2.06. The van der Waals surface area contributed by atoms with Crippen molar-refractivity contribution in [3.05, 3.63) is 56.7 Å².